The maximum Gasteiger partial charge on any atom is 0.0639 e. The summed E-state index contributed by atoms with van der Waals surface area (Å²) in [6.07, 6.45) is 2.33. The topological polar surface area (TPSA) is 47.3 Å². The average molecular weight is 208 g/mol. The highest BCUT2D eigenvalue weighted by Gasteiger charge is 1.91. The fourth-order valence-corrected chi connectivity index (χ4v) is 1.22. The highest BCUT2D eigenvalue weighted by molar-refractivity contribution is 5.51. The van der Waals surface area contributed by atoms with Gasteiger partial charge in [-0.25, -0.2) is 0 Å². The molecule has 0 fully saturated rings. The van der Waals surface area contributed by atoms with Crippen molar-refractivity contribution in [3.8, 4) is 0 Å². The van der Waals surface area contributed by atoms with Crippen molar-refractivity contribution in [2.75, 3.05) is 30.8 Å². The van der Waals surface area contributed by atoms with Gasteiger partial charge in [0.2, 0.25) is 0 Å². The average Bonchev–Trinajstić information content (AvgIpc) is 2.26. The van der Waals surface area contributed by atoms with Crippen molar-refractivity contribution in [1.29, 1.82) is 0 Å². The van der Waals surface area contributed by atoms with Crippen LogP contribution in [0.4, 0.5) is 11.4 Å². The minimum atomic E-state index is 0.754. The molecule has 0 aliphatic rings. The number of nitrogen functional groups attached to an aromatic ring is 1. The molecule has 0 saturated carbocycles. The van der Waals surface area contributed by atoms with Crippen molar-refractivity contribution in [2.24, 2.45) is 0 Å². The second kappa shape index (κ2) is 7.12. The summed E-state index contributed by atoms with van der Waals surface area (Å²) in [7, 11) is 0. The van der Waals surface area contributed by atoms with Gasteiger partial charge in [0, 0.05) is 24.5 Å². The zero-order chi connectivity index (χ0) is 10.9. The summed E-state index contributed by atoms with van der Waals surface area (Å²) in [6, 6.07) is 7.73. The molecule has 1 aromatic carbocycles. The van der Waals surface area contributed by atoms with Gasteiger partial charge in [0.25, 0.3) is 0 Å². The number of hydrogen-bond donors (Lipinski definition) is 2. The van der Waals surface area contributed by atoms with Crippen LogP contribution < -0.4 is 11.1 Å². The maximum atomic E-state index is 5.58. The summed E-state index contributed by atoms with van der Waals surface area (Å²) in [5.41, 5.74) is 7.46. The molecule has 84 valence electrons. The van der Waals surface area contributed by atoms with Crippen LogP contribution in [0.15, 0.2) is 24.3 Å². The Kier molecular flexibility index (Phi) is 5.63. The van der Waals surface area contributed by atoms with Gasteiger partial charge in [-0.05, 0) is 30.7 Å². The number of ether oxygens (including phenoxy) is 1. The van der Waals surface area contributed by atoms with E-state index in [1.807, 2.05) is 24.3 Å². The third-order valence-electron chi connectivity index (χ3n) is 2.13. The molecule has 3 nitrogen and oxygen atoms in total. The third kappa shape index (κ3) is 5.27. The van der Waals surface area contributed by atoms with E-state index in [0.29, 0.717) is 0 Å². The molecule has 0 aromatic heterocycles. The lowest BCUT2D eigenvalue weighted by Gasteiger charge is -2.07. The van der Waals surface area contributed by atoms with Gasteiger partial charge in [0.05, 0.1) is 6.61 Å². The Hall–Kier alpha value is -1.22. The summed E-state index contributed by atoms with van der Waals surface area (Å²) in [4.78, 5) is 0. The molecule has 0 amide bonds. The van der Waals surface area contributed by atoms with Crippen molar-refractivity contribution in [1.82, 2.24) is 0 Å². The van der Waals surface area contributed by atoms with Gasteiger partial charge in [-0.3, -0.25) is 0 Å². The van der Waals surface area contributed by atoms with E-state index in [9.17, 15) is 0 Å². The lowest BCUT2D eigenvalue weighted by atomic mass is 10.3. The predicted octanol–water partition coefficient (Wildman–Crippen LogP) is 2.50. The van der Waals surface area contributed by atoms with Gasteiger partial charge in [-0.2, -0.15) is 0 Å². The van der Waals surface area contributed by atoms with Crippen molar-refractivity contribution in [3.63, 3.8) is 0 Å². The van der Waals surface area contributed by atoms with Gasteiger partial charge in [-0.15, -0.1) is 0 Å². The van der Waals surface area contributed by atoms with Crippen LogP contribution >= 0.6 is 0 Å². The van der Waals surface area contributed by atoms with Crippen LogP contribution in [-0.4, -0.2) is 19.8 Å². The van der Waals surface area contributed by atoms with E-state index in [1.54, 1.807) is 0 Å². The number of nitrogens with one attached hydrogen (secondary N) is 1. The van der Waals surface area contributed by atoms with Gasteiger partial charge >= 0.3 is 0 Å². The first-order chi connectivity index (χ1) is 7.33. The Morgan fingerprint density at radius 3 is 2.60 bits per heavy atom. The van der Waals surface area contributed by atoms with E-state index in [4.69, 9.17) is 10.5 Å². The summed E-state index contributed by atoms with van der Waals surface area (Å²) in [5, 5.41) is 3.27. The molecule has 0 spiro atoms. The predicted molar refractivity (Wildman–Crippen MR) is 65.1 cm³/mol. The smallest absolute Gasteiger partial charge is 0.0639 e. The maximum absolute atomic E-state index is 5.58. The molecule has 3 heteroatoms. The Balaban J connectivity index is 2.07. The lowest BCUT2D eigenvalue weighted by molar-refractivity contribution is 0.141. The first kappa shape index (κ1) is 11.9. The monoisotopic (exact) mass is 208 g/mol. The van der Waals surface area contributed by atoms with Crippen LogP contribution in [0, 0.1) is 0 Å². The minimum absolute atomic E-state index is 0.754. The van der Waals surface area contributed by atoms with Crippen molar-refractivity contribution in [3.05, 3.63) is 24.3 Å². The molecule has 3 N–H and O–H groups in total. The Morgan fingerprint density at radius 1 is 1.20 bits per heavy atom. The van der Waals surface area contributed by atoms with Crippen molar-refractivity contribution >= 4 is 11.4 Å². The highest BCUT2D eigenvalue weighted by Crippen LogP contribution is 2.09. The van der Waals surface area contributed by atoms with E-state index in [0.717, 1.165) is 37.6 Å². The molecule has 0 unspecified atom stereocenters. The quantitative estimate of drug-likeness (QED) is 0.534. The molecule has 15 heavy (non-hydrogen) atoms. The summed E-state index contributed by atoms with van der Waals surface area (Å²) < 4.78 is 5.43. The van der Waals surface area contributed by atoms with E-state index in [1.165, 1.54) is 6.42 Å². The van der Waals surface area contributed by atoms with Crippen LogP contribution in [0.25, 0.3) is 0 Å². The first-order valence-electron chi connectivity index (χ1n) is 5.50. The number of benzene rings is 1. The molecule has 0 bridgehead atoms. The lowest BCUT2D eigenvalue weighted by Crippen LogP contribution is -2.09. The van der Waals surface area contributed by atoms with Crippen LogP contribution in [0.2, 0.25) is 0 Å². The van der Waals surface area contributed by atoms with Crippen molar-refractivity contribution < 1.29 is 4.74 Å². The summed E-state index contributed by atoms with van der Waals surface area (Å²) in [5.74, 6) is 0. The van der Waals surface area contributed by atoms with Crippen LogP contribution in [0.1, 0.15) is 19.8 Å². The van der Waals surface area contributed by atoms with Crippen LogP contribution in [0.5, 0.6) is 0 Å². The van der Waals surface area contributed by atoms with E-state index in [-0.39, 0.29) is 0 Å². The molecule has 0 heterocycles. The first-order valence-corrected chi connectivity index (χ1v) is 5.50. The van der Waals surface area contributed by atoms with Crippen LogP contribution in [-0.2, 0) is 4.74 Å². The number of nitrogens with two attached hydrogens (primary N) is 1. The number of rotatable bonds is 7. The molecule has 1 aromatic rings. The molecule has 0 aliphatic carbocycles. The fraction of sp³-hybridized carbons (Fsp3) is 0.500. The molecular formula is C12H20N2O. The third-order valence-corrected chi connectivity index (χ3v) is 2.13. The molecule has 0 atom stereocenters. The normalized spacial score (nSPS) is 10.2. The number of hydrogen-bond acceptors (Lipinski definition) is 3. The zero-order valence-electron chi connectivity index (χ0n) is 9.33. The van der Waals surface area contributed by atoms with Gasteiger partial charge < -0.3 is 15.8 Å². The van der Waals surface area contributed by atoms with Crippen LogP contribution in [0.3, 0.4) is 0 Å². The van der Waals surface area contributed by atoms with Crippen molar-refractivity contribution in [2.45, 2.75) is 19.8 Å². The van der Waals surface area contributed by atoms with Gasteiger partial charge in [-0.1, -0.05) is 13.3 Å². The molecule has 0 radical (unpaired) electrons. The molecule has 1 rings (SSSR count). The standard InChI is InChI=1S/C12H20N2O/c1-2-3-9-15-10-8-14-12-6-4-11(13)5-7-12/h4-7,14H,2-3,8-10,13H2,1H3. The molecular weight excluding hydrogens is 188 g/mol. The SMILES string of the molecule is CCCCOCCNc1ccc(N)cc1. The zero-order valence-corrected chi connectivity index (χ0v) is 9.33. The fourth-order valence-electron chi connectivity index (χ4n) is 1.22. The molecule has 0 saturated heterocycles. The Labute approximate surface area is 91.6 Å². The molecule has 0 aliphatic heterocycles. The minimum Gasteiger partial charge on any atom is -0.399 e. The number of unbranched alkanes of at least 4 members (excludes halogenated alkanes) is 1. The van der Waals surface area contributed by atoms with E-state index in [2.05, 4.69) is 12.2 Å². The van der Waals surface area contributed by atoms with E-state index >= 15 is 0 Å². The number of anilines is 2. The second-order valence-electron chi connectivity index (χ2n) is 3.51. The Morgan fingerprint density at radius 2 is 1.93 bits per heavy atom. The van der Waals surface area contributed by atoms with E-state index < -0.39 is 0 Å². The van der Waals surface area contributed by atoms with Gasteiger partial charge in [0.1, 0.15) is 0 Å². The largest absolute Gasteiger partial charge is 0.399 e. The Bertz CT molecular complexity index is 259. The highest BCUT2D eigenvalue weighted by atomic mass is 16.5. The second-order valence-corrected chi connectivity index (χ2v) is 3.51. The summed E-state index contributed by atoms with van der Waals surface area (Å²) in [6.45, 7) is 4.62. The van der Waals surface area contributed by atoms with Gasteiger partial charge in [0.15, 0.2) is 0 Å². The summed E-state index contributed by atoms with van der Waals surface area (Å²) >= 11 is 0.